The molecule has 1 unspecified atom stereocenters. The minimum Gasteiger partial charge on any atom is -0.309 e. The van der Waals surface area contributed by atoms with Gasteiger partial charge in [0.1, 0.15) is 0 Å². The molecule has 0 fully saturated rings. The molecule has 1 heterocycles. The molecule has 2 aromatic rings. The number of hydrogen-bond acceptors (Lipinski definition) is 3. The summed E-state index contributed by atoms with van der Waals surface area (Å²) in [6, 6.07) is 4.99. The average molecular weight is 321 g/mol. The monoisotopic (exact) mass is 320 g/mol. The smallest absolute Gasteiger partial charge is 0.309 e. The topological polar surface area (TPSA) is 24.9 Å². The quantitative estimate of drug-likeness (QED) is 0.904. The fraction of sp³-hybridized carbons (Fsp3) is 0.308. The number of nitrogens with zero attached hydrogens (tertiary/aromatic N) is 1. The van der Waals surface area contributed by atoms with Gasteiger partial charge in [-0.2, -0.15) is 13.2 Å². The Kier molecular flexibility index (Phi) is 4.36. The van der Waals surface area contributed by atoms with Crippen molar-refractivity contribution in [3.8, 4) is 0 Å². The van der Waals surface area contributed by atoms with Gasteiger partial charge in [0.05, 0.1) is 6.04 Å². The maximum absolute atomic E-state index is 12.6. The molecule has 0 saturated heterocycles. The van der Waals surface area contributed by atoms with E-state index in [1.165, 1.54) is 6.20 Å². The Hall–Kier alpha value is -1.11. The fourth-order valence-corrected chi connectivity index (χ4v) is 3.02. The molecular formula is C13H12ClF3N2S. The Morgan fingerprint density at radius 3 is 2.60 bits per heavy atom. The molecule has 1 aromatic heterocycles. The van der Waals surface area contributed by atoms with Gasteiger partial charge in [0.25, 0.3) is 0 Å². The minimum absolute atomic E-state index is 0.359. The van der Waals surface area contributed by atoms with Crippen LogP contribution in [-0.2, 0) is 6.18 Å². The van der Waals surface area contributed by atoms with E-state index in [-0.39, 0.29) is 6.04 Å². The molecule has 0 aliphatic rings. The Labute approximate surface area is 123 Å². The first kappa shape index (κ1) is 15.3. The molecule has 20 heavy (non-hydrogen) atoms. The number of benzene rings is 1. The second kappa shape index (κ2) is 5.71. The van der Waals surface area contributed by atoms with Crippen molar-refractivity contribution in [2.45, 2.75) is 19.1 Å². The van der Waals surface area contributed by atoms with Crippen LogP contribution in [0.4, 0.5) is 13.2 Å². The van der Waals surface area contributed by atoms with E-state index in [2.05, 4.69) is 10.3 Å². The van der Waals surface area contributed by atoms with Gasteiger partial charge in [-0.3, -0.25) is 0 Å². The lowest BCUT2D eigenvalue weighted by Gasteiger charge is -2.17. The zero-order valence-electron chi connectivity index (χ0n) is 10.8. The van der Waals surface area contributed by atoms with Crippen LogP contribution in [0.15, 0.2) is 24.4 Å². The van der Waals surface area contributed by atoms with E-state index < -0.39 is 11.2 Å². The molecule has 108 valence electrons. The second-order valence-electron chi connectivity index (χ2n) is 4.29. The van der Waals surface area contributed by atoms with E-state index >= 15 is 0 Å². The summed E-state index contributed by atoms with van der Waals surface area (Å²) in [5.41, 5.74) is 1.80. The van der Waals surface area contributed by atoms with Gasteiger partial charge in [-0.25, -0.2) is 4.98 Å². The molecule has 7 heteroatoms. The molecule has 1 atom stereocenters. The first-order valence-corrected chi connectivity index (χ1v) is 6.98. The molecule has 2 nitrogen and oxygen atoms in total. The first-order chi connectivity index (χ1) is 9.32. The summed E-state index contributed by atoms with van der Waals surface area (Å²) in [6.45, 7) is 1.89. The number of nitrogens with one attached hydrogen (secondary N) is 1. The molecule has 0 aliphatic heterocycles. The van der Waals surface area contributed by atoms with Gasteiger partial charge in [-0.05, 0) is 37.2 Å². The van der Waals surface area contributed by atoms with Crippen molar-refractivity contribution in [2.75, 3.05) is 7.05 Å². The molecular weight excluding hydrogens is 309 g/mol. The molecule has 0 aliphatic carbocycles. The van der Waals surface area contributed by atoms with Crippen molar-refractivity contribution in [3.63, 3.8) is 0 Å². The van der Waals surface area contributed by atoms with Crippen LogP contribution in [0.3, 0.4) is 0 Å². The van der Waals surface area contributed by atoms with Crippen LogP contribution in [0.25, 0.3) is 0 Å². The third-order valence-corrected chi connectivity index (χ3v) is 4.23. The van der Waals surface area contributed by atoms with Gasteiger partial charge in [0.2, 0.25) is 0 Å². The number of thiazole rings is 1. The van der Waals surface area contributed by atoms with Crippen LogP contribution in [0, 0.1) is 6.92 Å². The molecule has 0 amide bonds. The normalized spacial score (nSPS) is 13.5. The van der Waals surface area contributed by atoms with Gasteiger partial charge in [-0.1, -0.05) is 17.7 Å². The standard InChI is InChI=1S/C13H12ClF3N2S/c1-7-3-4-8(14)5-9(7)11(18-2)10-6-19-12(20-10)13(15,16)17/h3-6,11,18H,1-2H3. The van der Waals surface area contributed by atoms with Gasteiger partial charge in [0.15, 0.2) is 5.01 Å². The third kappa shape index (κ3) is 3.13. The van der Waals surface area contributed by atoms with E-state index in [4.69, 9.17) is 11.6 Å². The summed E-state index contributed by atoms with van der Waals surface area (Å²) in [5.74, 6) is 0. The summed E-state index contributed by atoms with van der Waals surface area (Å²) in [6.07, 6.45) is -3.15. The number of aromatic nitrogens is 1. The molecule has 1 N–H and O–H groups in total. The van der Waals surface area contributed by atoms with Crippen molar-refractivity contribution in [3.05, 3.63) is 50.4 Å². The van der Waals surface area contributed by atoms with E-state index in [1.807, 2.05) is 13.0 Å². The summed E-state index contributed by atoms with van der Waals surface area (Å²) in [5, 5.41) is 2.72. The number of rotatable bonds is 3. The Balaban J connectivity index is 2.42. The molecule has 1 aromatic carbocycles. The van der Waals surface area contributed by atoms with Crippen LogP contribution in [0.5, 0.6) is 0 Å². The van der Waals surface area contributed by atoms with E-state index in [1.54, 1.807) is 19.2 Å². The van der Waals surface area contributed by atoms with Crippen LogP contribution >= 0.6 is 22.9 Å². The summed E-state index contributed by atoms with van der Waals surface area (Å²) in [4.78, 5) is 3.96. The van der Waals surface area contributed by atoms with Crippen molar-refractivity contribution >= 4 is 22.9 Å². The Bertz CT molecular complexity index is 610. The fourth-order valence-electron chi connectivity index (χ4n) is 1.92. The molecule has 0 bridgehead atoms. The van der Waals surface area contributed by atoms with Crippen LogP contribution < -0.4 is 5.32 Å². The van der Waals surface area contributed by atoms with Crippen LogP contribution in [-0.4, -0.2) is 12.0 Å². The summed E-state index contributed by atoms with van der Waals surface area (Å²) >= 11 is 6.60. The predicted molar refractivity (Wildman–Crippen MR) is 74.2 cm³/mol. The zero-order valence-corrected chi connectivity index (χ0v) is 12.3. The second-order valence-corrected chi connectivity index (χ2v) is 5.79. The van der Waals surface area contributed by atoms with Crippen molar-refractivity contribution in [1.29, 1.82) is 0 Å². The number of hydrogen-bond donors (Lipinski definition) is 1. The highest BCUT2D eigenvalue weighted by Gasteiger charge is 2.35. The van der Waals surface area contributed by atoms with Gasteiger partial charge in [-0.15, -0.1) is 11.3 Å². The molecule has 0 radical (unpaired) electrons. The maximum atomic E-state index is 12.6. The average Bonchev–Trinajstić information content (AvgIpc) is 2.84. The van der Waals surface area contributed by atoms with E-state index in [0.29, 0.717) is 21.2 Å². The van der Waals surface area contributed by atoms with Crippen LogP contribution in [0.2, 0.25) is 5.02 Å². The number of alkyl halides is 3. The van der Waals surface area contributed by atoms with Gasteiger partial charge < -0.3 is 5.32 Å². The van der Waals surface area contributed by atoms with E-state index in [9.17, 15) is 13.2 Å². The van der Waals surface area contributed by atoms with Crippen molar-refractivity contribution in [1.82, 2.24) is 10.3 Å². The molecule has 0 spiro atoms. The van der Waals surface area contributed by atoms with Crippen molar-refractivity contribution in [2.24, 2.45) is 0 Å². The molecule has 2 rings (SSSR count). The molecule has 0 saturated carbocycles. The highest BCUT2D eigenvalue weighted by molar-refractivity contribution is 7.11. The summed E-state index contributed by atoms with van der Waals surface area (Å²) in [7, 11) is 1.69. The Morgan fingerprint density at radius 1 is 1.35 bits per heavy atom. The lowest BCUT2D eigenvalue weighted by molar-refractivity contribution is -0.137. The van der Waals surface area contributed by atoms with E-state index in [0.717, 1.165) is 11.1 Å². The number of halogens is 4. The third-order valence-electron chi connectivity index (χ3n) is 2.89. The highest BCUT2D eigenvalue weighted by atomic mass is 35.5. The van der Waals surface area contributed by atoms with Crippen molar-refractivity contribution < 1.29 is 13.2 Å². The number of aryl methyl sites for hydroxylation is 1. The highest BCUT2D eigenvalue weighted by Crippen LogP contribution is 2.36. The first-order valence-electron chi connectivity index (χ1n) is 5.79. The van der Waals surface area contributed by atoms with Crippen LogP contribution in [0.1, 0.15) is 27.1 Å². The zero-order chi connectivity index (χ0) is 14.9. The SMILES string of the molecule is CNC(c1cnc(C(F)(F)F)s1)c1cc(Cl)ccc1C. The maximum Gasteiger partial charge on any atom is 0.443 e. The van der Waals surface area contributed by atoms with Gasteiger partial charge >= 0.3 is 6.18 Å². The Morgan fingerprint density at radius 2 is 2.05 bits per heavy atom. The summed E-state index contributed by atoms with van der Waals surface area (Å²) < 4.78 is 37.9. The minimum atomic E-state index is -4.41. The van der Waals surface area contributed by atoms with Gasteiger partial charge in [0, 0.05) is 16.1 Å². The predicted octanol–water partition coefficient (Wildman–Crippen LogP) is 4.43. The lowest BCUT2D eigenvalue weighted by atomic mass is 10.0. The largest absolute Gasteiger partial charge is 0.443 e. The lowest BCUT2D eigenvalue weighted by Crippen LogP contribution is -2.17.